The van der Waals surface area contributed by atoms with Crippen LogP contribution in [-0.4, -0.2) is 44.1 Å². The molecule has 1 fully saturated rings. The van der Waals surface area contributed by atoms with E-state index >= 15 is 0 Å². The highest BCUT2D eigenvalue weighted by atomic mass is 32.2. The highest BCUT2D eigenvalue weighted by Gasteiger charge is 2.28. The molecule has 0 aliphatic carbocycles. The lowest BCUT2D eigenvalue weighted by Gasteiger charge is -2.31. The van der Waals surface area contributed by atoms with Gasteiger partial charge in [0.25, 0.3) is 10.2 Å². The fourth-order valence-corrected chi connectivity index (χ4v) is 4.06. The molecule has 20 heavy (non-hydrogen) atoms. The van der Waals surface area contributed by atoms with Crippen LogP contribution in [0.1, 0.15) is 52.4 Å². The van der Waals surface area contributed by atoms with Crippen LogP contribution in [-0.2, 0) is 10.2 Å². The molecule has 6 heteroatoms. The van der Waals surface area contributed by atoms with Gasteiger partial charge in [-0.1, -0.05) is 33.1 Å². The normalized spacial score (nSPS) is 22.9. The van der Waals surface area contributed by atoms with Crippen LogP contribution in [0.15, 0.2) is 0 Å². The summed E-state index contributed by atoms with van der Waals surface area (Å²) >= 11 is 0. The molecule has 2 atom stereocenters. The van der Waals surface area contributed by atoms with E-state index < -0.39 is 10.2 Å². The molecule has 1 aliphatic heterocycles. The van der Waals surface area contributed by atoms with E-state index in [2.05, 4.69) is 18.6 Å². The fourth-order valence-electron chi connectivity index (χ4n) is 2.65. The zero-order valence-electron chi connectivity index (χ0n) is 12.8. The number of hydrogen-bond donors (Lipinski definition) is 2. The van der Waals surface area contributed by atoms with Crippen molar-refractivity contribution in [3.8, 4) is 0 Å². The summed E-state index contributed by atoms with van der Waals surface area (Å²) in [6, 6.07) is 0. The minimum absolute atomic E-state index is 0.0695. The minimum atomic E-state index is -3.38. The van der Waals surface area contributed by atoms with Crippen molar-refractivity contribution in [2.24, 2.45) is 11.8 Å². The summed E-state index contributed by atoms with van der Waals surface area (Å²) in [6.07, 6.45) is 6.12. The number of aliphatic hydroxyl groups excluding tert-OH is 1. The van der Waals surface area contributed by atoms with Crippen LogP contribution in [0.3, 0.4) is 0 Å². The van der Waals surface area contributed by atoms with Gasteiger partial charge in [-0.2, -0.15) is 12.7 Å². The maximum absolute atomic E-state index is 12.3. The molecule has 120 valence electrons. The second-order valence-corrected chi connectivity index (χ2v) is 7.57. The highest BCUT2D eigenvalue weighted by molar-refractivity contribution is 7.87. The first-order chi connectivity index (χ1) is 9.53. The molecule has 5 nitrogen and oxygen atoms in total. The Bertz CT molecular complexity index is 359. The number of rotatable bonds is 9. The van der Waals surface area contributed by atoms with Gasteiger partial charge < -0.3 is 5.11 Å². The maximum Gasteiger partial charge on any atom is 0.279 e. The van der Waals surface area contributed by atoms with Crippen LogP contribution in [0.2, 0.25) is 0 Å². The van der Waals surface area contributed by atoms with Crippen molar-refractivity contribution in [2.75, 3.05) is 26.2 Å². The van der Waals surface area contributed by atoms with Gasteiger partial charge in [-0.3, -0.25) is 0 Å². The van der Waals surface area contributed by atoms with Gasteiger partial charge in [-0.05, 0) is 31.1 Å². The number of piperidine rings is 1. The topological polar surface area (TPSA) is 69.6 Å². The van der Waals surface area contributed by atoms with E-state index in [9.17, 15) is 13.5 Å². The molecule has 0 saturated carbocycles. The summed E-state index contributed by atoms with van der Waals surface area (Å²) in [6.45, 7) is 5.87. The fraction of sp³-hybridized carbons (Fsp3) is 1.00. The number of aliphatic hydroxyl groups is 1. The third-order valence-corrected chi connectivity index (χ3v) is 5.72. The summed E-state index contributed by atoms with van der Waals surface area (Å²) in [5, 5.41) is 9.19. The quantitative estimate of drug-likeness (QED) is 0.682. The van der Waals surface area contributed by atoms with Crippen LogP contribution in [0.25, 0.3) is 0 Å². The van der Waals surface area contributed by atoms with Gasteiger partial charge in [0.2, 0.25) is 0 Å². The monoisotopic (exact) mass is 306 g/mol. The predicted molar refractivity (Wildman–Crippen MR) is 81.6 cm³/mol. The molecule has 1 rings (SSSR count). The summed E-state index contributed by atoms with van der Waals surface area (Å²) < 4.78 is 28.8. The molecule has 2 unspecified atom stereocenters. The Labute approximate surface area is 123 Å². The smallest absolute Gasteiger partial charge is 0.279 e. The summed E-state index contributed by atoms with van der Waals surface area (Å²) in [4.78, 5) is 0. The van der Waals surface area contributed by atoms with E-state index in [0.717, 1.165) is 38.5 Å². The van der Waals surface area contributed by atoms with Gasteiger partial charge in [0, 0.05) is 26.2 Å². The number of nitrogens with one attached hydrogen (secondary N) is 1. The molecule has 0 spiro atoms. The first-order valence-electron chi connectivity index (χ1n) is 7.89. The number of hydrogen-bond acceptors (Lipinski definition) is 3. The third-order valence-electron chi connectivity index (χ3n) is 4.18. The molecule has 0 amide bonds. The third kappa shape index (κ3) is 5.68. The van der Waals surface area contributed by atoms with Gasteiger partial charge in [0.15, 0.2) is 0 Å². The van der Waals surface area contributed by atoms with Crippen molar-refractivity contribution in [2.45, 2.75) is 52.4 Å². The molecule has 1 aliphatic rings. The number of nitrogens with zero attached hydrogens (tertiary/aromatic N) is 1. The summed E-state index contributed by atoms with van der Waals surface area (Å²) in [5.41, 5.74) is 0. The molecule has 0 radical (unpaired) electrons. The molecular weight excluding hydrogens is 276 g/mol. The van der Waals surface area contributed by atoms with Crippen LogP contribution >= 0.6 is 0 Å². The van der Waals surface area contributed by atoms with Crippen molar-refractivity contribution in [1.82, 2.24) is 9.03 Å². The first-order valence-corrected chi connectivity index (χ1v) is 9.33. The Balaban J connectivity index is 2.47. The summed E-state index contributed by atoms with van der Waals surface area (Å²) in [7, 11) is -3.38. The molecule has 1 heterocycles. The predicted octanol–water partition coefficient (Wildman–Crippen LogP) is 1.74. The average Bonchev–Trinajstić information content (AvgIpc) is 2.47. The molecule has 0 aromatic carbocycles. The second-order valence-electron chi connectivity index (χ2n) is 5.82. The number of unbranched alkanes of at least 4 members (excludes halogenated alkanes) is 1. The van der Waals surface area contributed by atoms with Gasteiger partial charge in [0.05, 0.1) is 0 Å². The summed E-state index contributed by atoms with van der Waals surface area (Å²) in [5.74, 6) is 0.505. The molecule has 2 N–H and O–H groups in total. The molecule has 0 bridgehead atoms. The van der Waals surface area contributed by atoms with E-state index in [1.807, 2.05) is 0 Å². The lowest BCUT2D eigenvalue weighted by Crippen LogP contribution is -2.47. The standard InChI is InChI=1S/C14H30N2O3S/c1-3-5-7-13(4-2)10-15-20(18,19)16-9-6-8-14(11-16)12-17/h13-15,17H,3-12H2,1-2H3. The van der Waals surface area contributed by atoms with E-state index in [0.29, 0.717) is 25.6 Å². The largest absolute Gasteiger partial charge is 0.396 e. The maximum atomic E-state index is 12.3. The van der Waals surface area contributed by atoms with Crippen molar-refractivity contribution < 1.29 is 13.5 Å². The van der Waals surface area contributed by atoms with E-state index in [-0.39, 0.29) is 12.5 Å². The van der Waals surface area contributed by atoms with Gasteiger partial charge >= 0.3 is 0 Å². The van der Waals surface area contributed by atoms with E-state index in [1.165, 1.54) is 4.31 Å². The van der Waals surface area contributed by atoms with Crippen LogP contribution in [0.5, 0.6) is 0 Å². The van der Waals surface area contributed by atoms with Crippen molar-refractivity contribution in [3.05, 3.63) is 0 Å². The lowest BCUT2D eigenvalue weighted by atomic mass is 10.00. The van der Waals surface area contributed by atoms with Crippen molar-refractivity contribution in [3.63, 3.8) is 0 Å². The Morgan fingerprint density at radius 2 is 2.15 bits per heavy atom. The zero-order valence-corrected chi connectivity index (χ0v) is 13.7. The molecule has 0 aromatic heterocycles. The molecular formula is C14H30N2O3S. The van der Waals surface area contributed by atoms with E-state index in [1.54, 1.807) is 0 Å². The Morgan fingerprint density at radius 1 is 1.40 bits per heavy atom. The SMILES string of the molecule is CCCCC(CC)CNS(=O)(=O)N1CCCC(CO)C1. The Hall–Kier alpha value is -0.170. The van der Waals surface area contributed by atoms with Crippen LogP contribution in [0, 0.1) is 11.8 Å². The zero-order chi connectivity index (χ0) is 15.0. The second kappa shape index (κ2) is 8.97. The van der Waals surface area contributed by atoms with Crippen LogP contribution in [0.4, 0.5) is 0 Å². The molecule has 0 aromatic rings. The molecule has 1 saturated heterocycles. The van der Waals surface area contributed by atoms with Gasteiger partial charge in [0.1, 0.15) is 0 Å². The Kier molecular flexibility index (Phi) is 8.02. The van der Waals surface area contributed by atoms with E-state index in [4.69, 9.17) is 0 Å². The minimum Gasteiger partial charge on any atom is -0.396 e. The van der Waals surface area contributed by atoms with Gasteiger partial charge in [-0.15, -0.1) is 0 Å². The average molecular weight is 306 g/mol. The highest BCUT2D eigenvalue weighted by Crippen LogP contribution is 2.18. The lowest BCUT2D eigenvalue weighted by molar-refractivity contribution is 0.164. The Morgan fingerprint density at radius 3 is 2.75 bits per heavy atom. The van der Waals surface area contributed by atoms with Crippen molar-refractivity contribution in [1.29, 1.82) is 0 Å². The van der Waals surface area contributed by atoms with Crippen molar-refractivity contribution >= 4 is 10.2 Å². The van der Waals surface area contributed by atoms with Gasteiger partial charge in [-0.25, -0.2) is 4.72 Å². The first kappa shape index (κ1) is 17.9. The van der Waals surface area contributed by atoms with Crippen LogP contribution < -0.4 is 4.72 Å².